The summed E-state index contributed by atoms with van der Waals surface area (Å²) in [5.74, 6) is 1.38. The minimum absolute atomic E-state index is 0.308. The van der Waals surface area contributed by atoms with E-state index in [1.54, 1.807) is 0 Å². The van der Waals surface area contributed by atoms with Crippen LogP contribution in [0.3, 0.4) is 0 Å². The Morgan fingerprint density at radius 2 is 2.19 bits per heavy atom. The minimum atomic E-state index is 0.308. The molecular formula is C11H15N5. The second kappa shape index (κ2) is 3.52. The second-order valence-electron chi connectivity index (χ2n) is 4.57. The fourth-order valence-corrected chi connectivity index (χ4v) is 2.40. The summed E-state index contributed by atoms with van der Waals surface area (Å²) in [5.41, 5.74) is 7.73. The zero-order valence-corrected chi connectivity index (χ0v) is 9.30. The highest BCUT2D eigenvalue weighted by atomic mass is 15.4. The van der Waals surface area contributed by atoms with Crippen molar-refractivity contribution in [2.45, 2.75) is 38.1 Å². The van der Waals surface area contributed by atoms with Gasteiger partial charge in [0.15, 0.2) is 11.5 Å². The molecule has 5 nitrogen and oxygen atoms in total. The van der Waals surface area contributed by atoms with Crippen LogP contribution in [-0.4, -0.2) is 25.9 Å². The van der Waals surface area contributed by atoms with Gasteiger partial charge in [0.25, 0.3) is 0 Å². The van der Waals surface area contributed by atoms with Crippen LogP contribution in [0.1, 0.15) is 36.7 Å². The van der Waals surface area contributed by atoms with Crippen molar-refractivity contribution in [1.82, 2.24) is 19.8 Å². The summed E-state index contributed by atoms with van der Waals surface area (Å²) >= 11 is 0. The molecule has 0 amide bonds. The van der Waals surface area contributed by atoms with Gasteiger partial charge in [0, 0.05) is 12.0 Å². The third-order valence-corrected chi connectivity index (χ3v) is 3.26. The van der Waals surface area contributed by atoms with Gasteiger partial charge in [0.2, 0.25) is 0 Å². The first-order valence-corrected chi connectivity index (χ1v) is 5.68. The van der Waals surface area contributed by atoms with Crippen LogP contribution >= 0.6 is 0 Å². The SMILES string of the molecule is Cc1ccc2nnc([C@@H]3CC[C@H](N)C3)n2n1. The smallest absolute Gasteiger partial charge is 0.177 e. The second-order valence-corrected chi connectivity index (χ2v) is 4.57. The monoisotopic (exact) mass is 217 g/mol. The van der Waals surface area contributed by atoms with E-state index in [1.165, 1.54) is 0 Å². The third-order valence-electron chi connectivity index (χ3n) is 3.26. The van der Waals surface area contributed by atoms with Crippen molar-refractivity contribution >= 4 is 5.65 Å². The maximum Gasteiger partial charge on any atom is 0.177 e. The van der Waals surface area contributed by atoms with E-state index < -0.39 is 0 Å². The first-order valence-electron chi connectivity index (χ1n) is 5.68. The molecular weight excluding hydrogens is 202 g/mol. The lowest BCUT2D eigenvalue weighted by atomic mass is 10.1. The predicted molar refractivity (Wildman–Crippen MR) is 60.1 cm³/mol. The average Bonchev–Trinajstić information content (AvgIpc) is 2.83. The van der Waals surface area contributed by atoms with Gasteiger partial charge in [-0.1, -0.05) is 0 Å². The largest absolute Gasteiger partial charge is 0.328 e. The van der Waals surface area contributed by atoms with Gasteiger partial charge in [0.05, 0.1) is 5.69 Å². The molecule has 0 saturated heterocycles. The van der Waals surface area contributed by atoms with Gasteiger partial charge in [-0.05, 0) is 38.3 Å². The average molecular weight is 217 g/mol. The molecule has 0 unspecified atom stereocenters. The van der Waals surface area contributed by atoms with Crippen molar-refractivity contribution in [2.24, 2.45) is 5.73 Å². The highest BCUT2D eigenvalue weighted by Crippen LogP contribution is 2.32. The van der Waals surface area contributed by atoms with E-state index in [4.69, 9.17) is 5.73 Å². The summed E-state index contributed by atoms with van der Waals surface area (Å²) in [6, 6.07) is 4.21. The van der Waals surface area contributed by atoms with Crippen LogP contribution in [0.2, 0.25) is 0 Å². The van der Waals surface area contributed by atoms with Gasteiger partial charge in [-0.15, -0.1) is 10.2 Å². The summed E-state index contributed by atoms with van der Waals surface area (Å²) in [4.78, 5) is 0. The Hall–Kier alpha value is -1.49. The van der Waals surface area contributed by atoms with Crippen molar-refractivity contribution in [3.8, 4) is 0 Å². The minimum Gasteiger partial charge on any atom is -0.328 e. The van der Waals surface area contributed by atoms with Crippen LogP contribution in [0.25, 0.3) is 5.65 Å². The molecule has 2 aromatic heterocycles. The molecule has 1 aliphatic carbocycles. The van der Waals surface area contributed by atoms with Crippen molar-refractivity contribution in [2.75, 3.05) is 0 Å². The number of aryl methyl sites for hydroxylation is 1. The van der Waals surface area contributed by atoms with Crippen molar-refractivity contribution in [3.05, 3.63) is 23.7 Å². The molecule has 2 atom stereocenters. The lowest BCUT2D eigenvalue weighted by molar-refractivity contribution is 0.619. The topological polar surface area (TPSA) is 69.1 Å². The first-order chi connectivity index (χ1) is 7.74. The van der Waals surface area contributed by atoms with Crippen molar-refractivity contribution in [1.29, 1.82) is 0 Å². The first kappa shape index (κ1) is 9.72. The van der Waals surface area contributed by atoms with Crippen LogP contribution in [-0.2, 0) is 0 Å². The summed E-state index contributed by atoms with van der Waals surface area (Å²) in [5, 5.41) is 12.8. The lowest BCUT2D eigenvalue weighted by Crippen LogP contribution is -2.15. The van der Waals surface area contributed by atoms with Gasteiger partial charge in [-0.2, -0.15) is 9.61 Å². The van der Waals surface area contributed by atoms with Gasteiger partial charge in [0.1, 0.15) is 0 Å². The number of aromatic nitrogens is 4. The maximum absolute atomic E-state index is 5.93. The van der Waals surface area contributed by atoms with Gasteiger partial charge in [-0.3, -0.25) is 0 Å². The van der Waals surface area contributed by atoms with Gasteiger partial charge in [-0.25, -0.2) is 0 Å². The molecule has 2 aromatic rings. The molecule has 84 valence electrons. The van der Waals surface area contributed by atoms with E-state index in [1.807, 2.05) is 23.6 Å². The molecule has 5 heteroatoms. The Balaban J connectivity index is 2.06. The number of fused-ring (bicyclic) bond motifs is 1. The highest BCUT2D eigenvalue weighted by molar-refractivity contribution is 5.36. The summed E-state index contributed by atoms with van der Waals surface area (Å²) in [7, 11) is 0. The molecule has 0 spiro atoms. The molecule has 2 heterocycles. The molecule has 16 heavy (non-hydrogen) atoms. The fraction of sp³-hybridized carbons (Fsp3) is 0.545. The summed E-state index contributed by atoms with van der Waals surface area (Å²) < 4.78 is 1.86. The van der Waals surface area contributed by atoms with E-state index in [9.17, 15) is 0 Å². The number of hydrogen-bond donors (Lipinski definition) is 1. The zero-order chi connectivity index (χ0) is 11.1. The zero-order valence-electron chi connectivity index (χ0n) is 9.30. The number of hydrogen-bond acceptors (Lipinski definition) is 4. The van der Waals surface area contributed by atoms with Crippen LogP contribution in [0.5, 0.6) is 0 Å². The highest BCUT2D eigenvalue weighted by Gasteiger charge is 2.27. The van der Waals surface area contributed by atoms with E-state index >= 15 is 0 Å². The summed E-state index contributed by atoms with van der Waals surface area (Å²) in [6.45, 7) is 1.98. The quantitative estimate of drug-likeness (QED) is 0.774. The molecule has 1 aliphatic rings. The van der Waals surface area contributed by atoms with Crippen LogP contribution < -0.4 is 5.73 Å². The van der Waals surface area contributed by atoms with E-state index in [2.05, 4.69) is 15.3 Å². The molecule has 3 rings (SSSR count). The molecule has 1 saturated carbocycles. The third kappa shape index (κ3) is 1.48. The lowest BCUT2D eigenvalue weighted by Gasteiger charge is -2.06. The Kier molecular flexibility index (Phi) is 2.14. The van der Waals surface area contributed by atoms with Crippen LogP contribution in [0, 0.1) is 6.92 Å². The van der Waals surface area contributed by atoms with Crippen molar-refractivity contribution in [3.63, 3.8) is 0 Å². The Labute approximate surface area is 93.7 Å². The van der Waals surface area contributed by atoms with E-state index in [-0.39, 0.29) is 0 Å². The van der Waals surface area contributed by atoms with Crippen LogP contribution in [0.15, 0.2) is 12.1 Å². The van der Waals surface area contributed by atoms with Gasteiger partial charge >= 0.3 is 0 Å². The molecule has 0 radical (unpaired) electrons. The van der Waals surface area contributed by atoms with Crippen molar-refractivity contribution < 1.29 is 0 Å². The van der Waals surface area contributed by atoms with Gasteiger partial charge < -0.3 is 5.73 Å². The molecule has 0 aromatic carbocycles. The molecule has 0 bridgehead atoms. The maximum atomic E-state index is 5.93. The number of rotatable bonds is 1. The Morgan fingerprint density at radius 1 is 1.31 bits per heavy atom. The molecule has 1 fully saturated rings. The Bertz CT molecular complexity index is 518. The fourth-order valence-electron chi connectivity index (χ4n) is 2.40. The predicted octanol–water partition coefficient (Wildman–Crippen LogP) is 1.03. The summed E-state index contributed by atoms with van der Waals surface area (Å²) in [6.07, 6.45) is 3.17. The Morgan fingerprint density at radius 3 is 2.94 bits per heavy atom. The number of nitrogens with two attached hydrogens (primary N) is 1. The standard InChI is InChI=1S/C11H15N5/c1-7-2-5-10-13-14-11(16(10)15-7)8-3-4-9(12)6-8/h2,5,8-9H,3-4,6,12H2,1H3/t8-,9+/m1/s1. The molecule has 2 N–H and O–H groups in total. The van der Waals surface area contributed by atoms with Crippen LogP contribution in [0.4, 0.5) is 0 Å². The normalized spacial score (nSPS) is 25.4. The van der Waals surface area contributed by atoms with E-state index in [0.717, 1.165) is 36.4 Å². The number of nitrogens with zero attached hydrogens (tertiary/aromatic N) is 4. The van der Waals surface area contributed by atoms with E-state index in [0.29, 0.717) is 12.0 Å². The molecule has 0 aliphatic heterocycles.